The first-order valence-corrected chi connectivity index (χ1v) is 7.33. The number of ether oxygens (including phenoxy) is 1. The van der Waals surface area contributed by atoms with Crippen molar-refractivity contribution in [1.29, 1.82) is 0 Å². The molecule has 1 aromatic heterocycles. The van der Waals surface area contributed by atoms with Crippen LogP contribution in [0.2, 0.25) is 0 Å². The normalized spacial score (nSPS) is 20.9. The molecule has 2 aliphatic rings. The monoisotopic (exact) mass is 269 g/mol. The minimum Gasteiger partial charge on any atom is -0.370 e. The van der Waals surface area contributed by atoms with Gasteiger partial charge in [-0.2, -0.15) is 5.10 Å². The lowest BCUT2D eigenvalue weighted by molar-refractivity contribution is -0.0766. The molecule has 4 heteroatoms. The molecule has 4 rings (SSSR count). The summed E-state index contributed by atoms with van der Waals surface area (Å²) < 4.78 is 6.25. The number of benzene rings is 1. The van der Waals surface area contributed by atoms with E-state index in [1.165, 1.54) is 16.8 Å². The van der Waals surface area contributed by atoms with E-state index >= 15 is 0 Å². The number of aromatic amines is 1. The van der Waals surface area contributed by atoms with Gasteiger partial charge in [0.1, 0.15) is 0 Å². The van der Waals surface area contributed by atoms with Crippen molar-refractivity contribution in [2.75, 3.05) is 24.6 Å². The second-order valence-corrected chi connectivity index (χ2v) is 5.69. The first kappa shape index (κ1) is 12.0. The third-order valence-corrected chi connectivity index (χ3v) is 4.68. The van der Waals surface area contributed by atoms with Crippen molar-refractivity contribution in [3.05, 3.63) is 47.8 Å². The third kappa shape index (κ3) is 1.83. The van der Waals surface area contributed by atoms with Crippen LogP contribution in [0.25, 0.3) is 0 Å². The molecule has 104 valence electrons. The van der Waals surface area contributed by atoms with Gasteiger partial charge in [-0.25, -0.2) is 0 Å². The van der Waals surface area contributed by atoms with E-state index < -0.39 is 0 Å². The Morgan fingerprint density at radius 3 is 2.85 bits per heavy atom. The summed E-state index contributed by atoms with van der Waals surface area (Å²) in [5, 5.41) is 6.93. The largest absolute Gasteiger partial charge is 0.370 e. The molecule has 2 aliphatic heterocycles. The molecule has 0 unspecified atom stereocenters. The topological polar surface area (TPSA) is 41.1 Å². The van der Waals surface area contributed by atoms with E-state index in [4.69, 9.17) is 4.74 Å². The van der Waals surface area contributed by atoms with E-state index in [1.807, 2.05) is 12.4 Å². The van der Waals surface area contributed by atoms with Crippen LogP contribution >= 0.6 is 0 Å². The van der Waals surface area contributed by atoms with Crippen molar-refractivity contribution in [2.24, 2.45) is 0 Å². The van der Waals surface area contributed by atoms with E-state index in [-0.39, 0.29) is 5.60 Å². The number of anilines is 1. The average Bonchev–Trinajstić information content (AvgIpc) is 3.03. The van der Waals surface area contributed by atoms with Gasteiger partial charge >= 0.3 is 0 Å². The molecule has 0 atom stereocenters. The van der Waals surface area contributed by atoms with Crippen LogP contribution in [-0.2, 0) is 16.8 Å². The lowest BCUT2D eigenvalue weighted by Gasteiger charge is -2.45. The molecule has 0 aliphatic carbocycles. The Balaban J connectivity index is 1.59. The SMILES string of the molecule is c1ccc2c(c1)CCOC21CCN(c2cn[nH]c2)CC1. The molecular weight excluding hydrogens is 250 g/mol. The Morgan fingerprint density at radius 1 is 1.20 bits per heavy atom. The molecule has 0 saturated carbocycles. The smallest absolute Gasteiger partial charge is 0.0967 e. The van der Waals surface area contributed by atoms with Crippen LogP contribution in [0.15, 0.2) is 36.7 Å². The summed E-state index contributed by atoms with van der Waals surface area (Å²) in [4.78, 5) is 2.38. The van der Waals surface area contributed by atoms with Gasteiger partial charge in [0.15, 0.2) is 0 Å². The molecule has 20 heavy (non-hydrogen) atoms. The molecule has 2 aromatic rings. The molecule has 0 bridgehead atoms. The Bertz CT molecular complexity index is 586. The summed E-state index contributed by atoms with van der Waals surface area (Å²) in [7, 11) is 0. The maximum Gasteiger partial charge on any atom is 0.0967 e. The zero-order chi connectivity index (χ0) is 13.4. The van der Waals surface area contributed by atoms with Crippen LogP contribution in [-0.4, -0.2) is 29.9 Å². The van der Waals surface area contributed by atoms with Crippen molar-refractivity contribution in [3.8, 4) is 0 Å². The Morgan fingerprint density at radius 2 is 2.05 bits per heavy atom. The fourth-order valence-electron chi connectivity index (χ4n) is 3.57. The minimum absolute atomic E-state index is 0.0604. The van der Waals surface area contributed by atoms with Crippen molar-refractivity contribution < 1.29 is 4.74 Å². The fourth-order valence-corrected chi connectivity index (χ4v) is 3.57. The number of hydrogen-bond acceptors (Lipinski definition) is 3. The van der Waals surface area contributed by atoms with E-state index in [9.17, 15) is 0 Å². The van der Waals surface area contributed by atoms with Gasteiger partial charge in [0.05, 0.1) is 24.1 Å². The number of H-pyrrole nitrogens is 1. The summed E-state index contributed by atoms with van der Waals surface area (Å²) in [5.41, 5.74) is 4.01. The second-order valence-electron chi connectivity index (χ2n) is 5.69. The van der Waals surface area contributed by atoms with E-state index in [0.717, 1.165) is 39.0 Å². The highest BCUT2D eigenvalue weighted by molar-refractivity contribution is 5.44. The minimum atomic E-state index is -0.0604. The standard InChI is InChI=1S/C16H19N3O/c1-2-4-15-13(3-1)5-10-20-16(15)6-8-19(9-7-16)14-11-17-18-12-14/h1-4,11-12H,5-10H2,(H,17,18). The third-order valence-electron chi connectivity index (χ3n) is 4.68. The number of hydrogen-bond donors (Lipinski definition) is 1. The Kier molecular flexibility index (Phi) is 2.77. The number of rotatable bonds is 1. The number of nitrogens with one attached hydrogen (secondary N) is 1. The molecule has 1 saturated heterocycles. The Labute approximate surface area is 118 Å². The highest BCUT2D eigenvalue weighted by atomic mass is 16.5. The van der Waals surface area contributed by atoms with Crippen LogP contribution in [0.1, 0.15) is 24.0 Å². The molecule has 4 nitrogen and oxygen atoms in total. The van der Waals surface area contributed by atoms with Gasteiger partial charge in [-0.3, -0.25) is 5.10 Å². The Hall–Kier alpha value is -1.81. The van der Waals surface area contributed by atoms with Crippen molar-refractivity contribution >= 4 is 5.69 Å². The number of fused-ring (bicyclic) bond motifs is 2. The second kappa shape index (κ2) is 4.63. The summed E-state index contributed by atoms with van der Waals surface area (Å²) >= 11 is 0. The molecule has 1 fully saturated rings. The van der Waals surface area contributed by atoms with Crippen molar-refractivity contribution in [3.63, 3.8) is 0 Å². The first-order valence-electron chi connectivity index (χ1n) is 7.33. The molecule has 3 heterocycles. The van der Waals surface area contributed by atoms with Gasteiger partial charge in [0.25, 0.3) is 0 Å². The van der Waals surface area contributed by atoms with Gasteiger partial charge < -0.3 is 9.64 Å². The van der Waals surface area contributed by atoms with E-state index in [0.29, 0.717) is 0 Å². The number of piperidine rings is 1. The number of aromatic nitrogens is 2. The average molecular weight is 269 g/mol. The van der Waals surface area contributed by atoms with Crippen molar-refractivity contribution in [1.82, 2.24) is 10.2 Å². The van der Waals surface area contributed by atoms with Gasteiger partial charge in [0.2, 0.25) is 0 Å². The van der Waals surface area contributed by atoms with Crippen LogP contribution in [0.5, 0.6) is 0 Å². The maximum absolute atomic E-state index is 6.25. The summed E-state index contributed by atoms with van der Waals surface area (Å²) in [6.07, 6.45) is 7.01. The summed E-state index contributed by atoms with van der Waals surface area (Å²) in [6.45, 7) is 2.89. The highest BCUT2D eigenvalue weighted by Crippen LogP contribution is 2.41. The molecule has 0 radical (unpaired) electrons. The van der Waals surface area contributed by atoms with Gasteiger partial charge in [0, 0.05) is 19.3 Å². The summed E-state index contributed by atoms with van der Waals surface area (Å²) in [5.74, 6) is 0. The predicted molar refractivity (Wildman–Crippen MR) is 77.8 cm³/mol. The molecule has 1 spiro atoms. The first-order chi connectivity index (χ1) is 9.87. The summed E-state index contributed by atoms with van der Waals surface area (Å²) in [6, 6.07) is 8.78. The molecule has 0 amide bonds. The zero-order valence-corrected chi connectivity index (χ0v) is 11.5. The molecule has 1 N–H and O–H groups in total. The van der Waals surface area contributed by atoms with Crippen LogP contribution in [0.3, 0.4) is 0 Å². The predicted octanol–water partition coefficient (Wildman–Crippen LogP) is 2.48. The van der Waals surface area contributed by atoms with Gasteiger partial charge in [-0.15, -0.1) is 0 Å². The van der Waals surface area contributed by atoms with Crippen LogP contribution < -0.4 is 4.90 Å². The van der Waals surface area contributed by atoms with Gasteiger partial charge in [-0.05, 0) is 30.4 Å². The maximum atomic E-state index is 6.25. The van der Waals surface area contributed by atoms with Gasteiger partial charge in [-0.1, -0.05) is 24.3 Å². The van der Waals surface area contributed by atoms with Crippen LogP contribution in [0.4, 0.5) is 5.69 Å². The number of nitrogens with zero attached hydrogens (tertiary/aromatic N) is 2. The van der Waals surface area contributed by atoms with E-state index in [1.54, 1.807) is 0 Å². The lowest BCUT2D eigenvalue weighted by Crippen LogP contribution is -2.46. The molecular formula is C16H19N3O. The molecule has 1 aromatic carbocycles. The lowest BCUT2D eigenvalue weighted by atomic mass is 9.79. The van der Waals surface area contributed by atoms with Crippen molar-refractivity contribution in [2.45, 2.75) is 24.9 Å². The zero-order valence-electron chi connectivity index (χ0n) is 11.5. The fraction of sp³-hybridized carbons (Fsp3) is 0.438. The van der Waals surface area contributed by atoms with Crippen LogP contribution in [0, 0.1) is 0 Å². The van der Waals surface area contributed by atoms with E-state index in [2.05, 4.69) is 39.4 Å². The quantitative estimate of drug-likeness (QED) is 0.864. The highest BCUT2D eigenvalue weighted by Gasteiger charge is 2.40.